The van der Waals surface area contributed by atoms with Crippen LogP contribution in [0.2, 0.25) is 0 Å². The summed E-state index contributed by atoms with van der Waals surface area (Å²) in [4.78, 5) is 17.6. The van der Waals surface area contributed by atoms with E-state index >= 15 is 0 Å². The quantitative estimate of drug-likeness (QED) is 0.713. The van der Waals surface area contributed by atoms with Crippen LogP contribution >= 0.6 is 0 Å². The molecule has 0 unspecified atom stereocenters. The average Bonchev–Trinajstić information content (AvgIpc) is 2.56. The lowest BCUT2D eigenvalue weighted by Gasteiger charge is -1.98. The number of aryl methyl sites for hydroxylation is 1. The fourth-order valence-corrected chi connectivity index (χ4v) is 1.06. The van der Waals surface area contributed by atoms with Gasteiger partial charge in [-0.05, 0) is 0 Å². The van der Waals surface area contributed by atoms with Gasteiger partial charge >= 0.3 is 0 Å². The van der Waals surface area contributed by atoms with Gasteiger partial charge < -0.3 is 10.3 Å². The molecule has 0 bridgehead atoms. The molecule has 14 heavy (non-hydrogen) atoms. The smallest absolute Gasteiger partial charge is 0.291 e. The van der Waals surface area contributed by atoms with Crippen molar-refractivity contribution in [1.82, 2.24) is 19.7 Å². The first-order chi connectivity index (χ1) is 6.75. The van der Waals surface area contributed by atoms with Gasteiger partial charge in [0.1, 0.15) is 0 Å². The molecule has 0 amide bonds. The Bertz CT molecular complexity index is 486. The molecule has 0 saturated carbocycles. The number of aromatic amines is 1. The fourth-order valence-electron chi connectivity index (χ4n) is 1.06. The molecule has 0 aliphatic carbocycles. The van der Waals surface area contributed by atoms with Gasteiger partial charge in [0.15, 0.2) is 5.82 Å². The Balaban J connectivity index is 2.27. The fraction of sp³-hybridized carbons (Fsp3) is 0.125. The maximum absolute atomic E-state index is 11.2. The zero-order chi connectivity index (χ0) is 9.97. The third-order valence-electron chi connectivity index (χ3n) is 1.68. The predicted molar refractivity (Wildman–Crippen MR) is 51.3 cm³/mol. The number of anilines is 2. The van der Waals surface area contributed by atoms with Gasteiger partial charge in [-0.3, -0.25) is 9.48 Å². The van der Waals surface area contributed by atoms with Crippen LogP contribution in [0.15, 0.2) is 29.6 Å². The Morgan fingerprint density at radius 2 is 2.43 bits per heavy atom. The molecular formula is C8H9N5O. The van der Waals surface area contributed by atoms with Crippen molar-refractivity contribution in [3.8, 4) is 0 Å². The van der Waals surface area contributed by atoms with E-state index in [0.717, 1.165) is 5.69 Å². The first-order valence-electron chi connectivity index (χ1n) is 4.05. The first-order valence-corrected chi connectivity index (χ1v) is 4.05. The molecule has 0 atom stereocenters. The van der Waals surface area contributed by atoms with E-state index in [1.165, 1.54) is 12.4 Å². The topological polar surface area (TPSA) is 75.6 Å². The molecule has 0 aliphatic rings. The van der Waals surface area contributed by atoms with E-state index < -0.39 is 0 Å². The molecule has 0 fully saturated rings. The molecular weight excluding hydrogens is 182 g/mol. The Labute approximate surface area is 79.6 Å². The molecule has 0 saturated heterocycles. The second-order valence-corrected chi connectivity index (χ2v) is 2.79. The minimum absolute atomic E-state index is 0.253. The summed E-state index contributed by atoms with van der Waals surface area (Å²) in [5.41, 5.74) is 0.480. The summed E-state index contributed by atoms with van der Waals surface area (Å²) in [6.07, 6.45) is 6.37. The van der Waals surface area contributed by atoms with E-state index in [2.05, 4.69) is 20.4 Å². The lowest BCUT2D eigenvalue weighted by molar-refractivity contribution is 0.768. The maximum atomic E-state index is 11.2. The second-order valence-electron chi connectivity index (χ2n) is 2.79. The molecule has 6 heteroatoms. The monoisotopic (exact) mass is 191 g/mol. The summed E-state index contributed by atoms with van der Waals surface area (Å²) in [6, 6.07) is 0. The Hall–Kier alpha value is -2.11. The highest BCUT2D eigenvalue weighted by molar-refractivity contribution is 5.52. The van der Waals surface area contributed by atoms with Crippen LogP contribution in [0.5, 0.6) is 0 Å². The van der Waals surface area contributed by atoms with Crippen LogP contribution < -0.4 is 10.9 Å². The van der Waals surface area contributed by atoms with Gasteiger partial charge in [0.2, 0.25) is 0 Å². The molecule has 2 heterocycles. The molecule has 0 aromatic carbocycles. The summed E-state index contributed by atoms with van der Waals surface area (Å²) in [5.74, 6) is 0.264. The van der Waals surface area contributed by atoms with Crippen LogP contribution in [0.25, 0.3) is 0 Å². The Morgan fingerprint density at radius 3 is 3.07 bits per heavy atom. The molecule has 2 aromatic heterocycles. The molecule has 2 rings (SSSR count). The SMILES string of the molecule is Cn1cc(Nc2ncc[nH]c2=O)cn1. The highest BCUT2D eigenvalue weighted by Gasteiger charge is 2.01. The average molecular weight is 191 g/mol. The molecule has 0 spiro atoms. The minimum Gasteiger partial charge on any atom is -0.333 e. The van der Waals surface area contributed by atoms with Gasteiger partial charge in [-0.25, -0.2) is 4.98 Å². The van der Waals surface area contributed by atoms with Crippen molar-refractivity contribution in [2.24, 2.45) is 7.05 Å². The summed E-state index contributed by atoms with van der Waals surface area (Å²) in [5, 5.41) is 6.81. The van der Waals surface area contributed by atoms with E-state index in [-0.39, 0.29) is 11.4 Å². The van der Waals surface area contributed by atoms with Crippen LogP contribution in [0.4, 0.5) is 11.5 Å². The maximum Gasteiger partial charge on any atom is 0.291 e. The number of hydrogen-bond acceptors (Lipinski definition) is 4. The Morgan fingerprint density at radius 1 is 1.57 bits per heavy atom. The number of rotatable bonds is 2. The highest BCUT2D eigenvalue weighted by Crippen LogP contribution is 2.07. The molecule has 72 valence electrons. The van der Waals surface area contributed by atoms with Crippen molar-refractivity contribution in [2.75, 3.05) is 5.32 Å². The van der Waals surface area contributed by atoms with E-state index in [1.807, 2.05) is 0 Å². The van der Waals surface area contributed by atoms with Crippen LogP contribution in [0, 0.1) is 0 Å². The van der Waals surface area contributed by atoms with Gasteiger partial charge in [-0.15, -0.1) is 0 Å². The number of hydrogen-bond donors (Lipinski definition) is 2. The summed E-state index contributed by atoms with van der Waals surface area (Å²) < 4.78 is 1.64. The third-order valence-corrected chi connectivity index (χ3v) is 1.68. The molecule has 0 radical (unpaired) electrons. The van der Waals surface area contributed by atoms with Crippen molar-refractivity contribution >= 4 is 11.5 Å². The highest BCUT2D eigenvalue weighted by atomic mass is 16.1. The lowest BCUT2D eigenvalue weighted by Crippen LogP contribution is -2.11. The van der Waals surface area contributed by atoms with Crippen molar-refractivity contribution in [1.29, 1.82) is 0 Å². The van der Waals surface area contributed by atoms with Crippen LogP contribution in [-0.2, 0) is 7.05 Å². The van der Waals surface area contributed by atoms with E-state index in [1.54, 1.807) is 24.1 Å². The number of nitrogens with zero attached hydrogens (tertiary/aromatic N) is 3. The number of H-pyrrole nitrogens is 1. The van der Waals surface area contributed by atoms with Gasteiger partial charge in [0.05, 0.1) is 11.9 Å². The summed E-state index contributed by atoms with van der Waals surface area (Å²) >= 11 is 0. The molecule has 2 aromatic rings. The summed E-state index contributed by atoms with van der Waals surface area (Å²) in [6.45, 7) is 0. The minimum atomic E-state index is -0.253. The van der Waals surface area contributed by atoms with Crippen molar-refractivity contribution in [2.45, 2.75) is 0 Å². The first kappa shape index (κ1) is 8.49. The predicted octanol–water partition coefficient (Wildman–Crippen LogP) is 0.247. The van der Waals surface area contributed by atoms with Gasteiger partial charge in [0, 0.05) is 25.6 Å². The van der Waals surface area contributed by atoms with Gasteiger partial charge in [-0.2, -0.15) is 5.10 Å². The van der Waals surface area contributed by atoms with Crippen LogP contribution in [0.3, 0.4) is 0 Å². The normalized spacial score (nSPS) is 10.1. The largest absolute Gasteiger partial charge is 0.333 e. The van der Waals surface area contributed by atoms with Crippen molar-refractivity contribution in [3.05, 3.63) is 35.1 Å². The van der Waals surface area contributed by atoms with E-state index in [4.69, 9.17) is 0 Å². The standard InChI is InChI=1S/C8H9N5O/c1-13-5-6(4-11-13)12-7-8(14)10-3-2-9-7/h2-5H,1H3,(H,9,12)(H,10,14). The second kappa shape index (κ2) is 3.33. The molecule has 2 N–H and O–H groups in total. The lowest BCUT2D eigenvalue weighted by atomic mass is 10.5. The van der Waals surface area contributed by atoms with Crippen LogP contribution in [0.1, 0.15) is 0 Å². The number of aromatic nitrogens is 4. The Kier molecular flexibility index (Phi) is 2.02. The van der Waals surface area contributed by atoms with Crippen molar-refractivity contribution in [3.63, 3.8) is 0 Å². The van der Waals surface area contributed by atoms with Crippen molar-refractivity contribution < 1.29 is 0 Å². The summed E-state index contributed by atoms with van der Waals surface area (Å²) in [7, 11) is 1.80. The zero-order valence-electron chi connectivity index (χ0n) is 7.56. The third kappa shape index (κ3) is 1.63. The molecule has 6 nitrogen and oxygen atoms in total. The van der Waals surface area contributed by atoms with Gasteiger partial charge in [-0.1, -0.05) is 0 Å². The van der Waals surface area contributed by atoms with E-state index in [9.17, 15) is 4.79 Å². The van der Waals surface area contributed by atoms with Crippen LogP contribution in [-0.4, -0.2) is 19.7 Å². The zero-order valence-corrected chi connectivity index (χ0v) is 7.56. The number of nitrogens with one attached hydrogen (secondary N) is 2. The van der Waals surface area contributed by atoms with E-state index in [0.29, 0.717) is 0 Å². The van der Waals surface area contributed by atoms with Gasteiger partial charge in [0.25, 0.3) is 5.56 Å². The molecule has 0 aliphatic heterocycles.